The van der Waals surface area contributed by atoms with E-state index >= 15 is 0 Å². The van der Waals surface area contributed by atoms with Crippen LogP contribution in [0.15, 0.2) is 42.7 Å². The largest absolute Gasteiger partial charge is 0.497 e. The van der Waals surface area contributed by atoms with E-state index in [0.29, 0.717) is 0 Å². The lowest BCUT2D eigenvalue weighted by molar-refractivity contribution is 0.394. The summed E-state index contributed by atoms with van der Waals surface area (Å²) < 4.78 is 24.1. The zero-order valence-electron chi connectivity index (χ0n) is 17.7. The Balaban J connectivity index is 2.22. The number of ether oxygens (including phenoxy) is 4. The standard InChI is InChI=1S/C23H28N2O4/c1-6-7-8-25-15-24-22(16-9-18(26-2)13-19(10-16)27-3)23(25)17-11-20(28-4)14-21(12-17)29-5/h9-15H,6-8H2,1-5H3. The van der Waals surface area contributed by atoms with Gasteiger partial charge in [0.15, 0.2) is 0 Å². The Morgan fingerprint density at radius 2 is 1.21 bits per heavy atom. The molecule has 0 atom stereocenters. The van der Waals surface area contributed by atoms with Crippen molar-refractivity contribution >= 4 is 0 Å². The molecule has 0 saturated heterocycles. The van der Waals surface area contributed by atoms with E-state index in [9.17, 15) is 0 Å². The van der Waals surface area contributed by atoms with Crippen molar-refractivity contribution in [2.75, 3.05) is 28.4 Å². The van der Waals surface area contributed by atoms with Gasteiger partial charge in [0.1, 0.15) is 23.0 Å². The van der Waals surface area contributed by atoms with Gasteiger partial charge in [-0.3, -0.25) is 0 Å². The molecule has 0 aliphatic carbocycles. The third kappa shape index (κ3) is 4.47. The van der Waals surface area contributed by atoms with Crippen LogP contribution in [0.3, 0.4) is 0 Å². The number of aromatic nitrogens is 2. The summed E-state index contributed by atoms with van der Waals surface area (Å²) >= 11 is 0. The molecule has 0 fully saturated rings. The second-order valence-electron chi connectivity index (χ2n) is 6.69. The Hall–Kier alpha value is -3.15. The van der Waals surface area contributed by atoms with Crippen molar-refractivity contribution in [3.63, 3.8) is 0 Å². The molecule has 0 aliphatic heterocycles. The molecular weight excluding hydrogens is 368 g/mol. The SMILES string of the molecule is CCCCn1cnc(-c2cc(OC)cc(OC)c2)c1-c1cc(OC)cc(OC)c1. The van der Waals surface area contributed by atoms with Crippen LogP contribution >= 0.6 is 0 Å². The number of unbranched alkanes of at least 4 members (excludes halogenated alkanes) is 1. The van der Waals surface area contributed by atoms with Gasteiger partial charge in [-0.2, -0.15) is 0 Å². The molecule has 0 aliphatic rings. The number of hydrogen-bond acceptors (Lipinski definition) is 5. The monoisotopic (exact) mass is 396 g/mol. The minimum atomic E-state index is 0.719. The van der Waals surface area contributed by atoms with Gasteiger partial charge in [0.25, 0.3) is 0 Å². The van der Waals surface area contributed by atoms with Crippen LogP contribution in [-0.4, -0.2) is 38.0 Å². The molecule has 154 valence electrons. The number of imidazole rings is 1. The number of benzene rings is 2. The van der Waals surface area contributed by atoms with E-state index in [1.54, 1.807) is 28.4 Å². The van der Waals surface area contributed by atoms with Gasteiger partial charge in [-0.25, -0.2) is 4.98 Å². The Morgan fingerprint density at radius 3 is 1.66 bits per heavy atom. The van der Waals surface area contributed by atoms with Gasteiger partial charge in [0.2, 0.25) is 0 Å². The van der Waals surface area contributed by atoms with E-state index < -0.39 is 0 Å². The summed E-state index contributed by atoms with van der Waals surface area (Å²) in [5, 5.41) is 0. The molecular formula is C23H28N2O4. The molecule has 0 spiro atoms. The van der Waals surface area contributed by atoms with Gasteiger partial charge < -0.3 is 23.5 Å². The third-order valence-electron chi connectivity index (χ3n) is 4.84. The van der Waals surface area contributed by atoms with Crippen molar-refractivity contribution in [3.05, 3.63) is 42.7 Å². The third-order valence-corrected chi connectivity index (χ3v) is 4.84. The van der Waals surface area contributed by atoms with Crippen molar-refractivity contribution in [1.82, 2.24) is 9.55 Å². The maximum atomic E-state index is 5.49. The summed E-state index contributed by atoms with van der Waals surface area (Å²) in [6, 6.07) is 11.7. The van der Waals surface area contributed by atoms with Crippen LogP contribution in [0.25, 0.3) is 22.5 Å². The number of hydrogen-bond donors (Lipinski definition) is 0. The fourth-order valence-electron chi connectivity index (χ4n) is 3.28. The van der Waals surface area contributed by atoms with Gasteiger partial charge in [-0.1, -0.05) is 13.3 Å². The van der Waals surface area contributed by atoms with Crippen molar-refractivity contribution in [2.45, 2.75) is 26.3 Å². The predicted molar refractivity (Wildman–Crippen MR) is 114 cm³/mol. The topological polar surface area (TPSA) is 54.7 Å². The summed E-state index contributed by atoms with van der Waals surface area (Å²) in [4.78, 5) is 4.75. The maximum Gasteiger partial charge on any atom is 0.123 e. The highest BCUT2D eigenvalue weighted by Gasteiger charge is 2.18. The summed E-state index contributed by atoms with van der Waals surface area (Å²) in [5.74, 6) is 2.90. The Labute approximate surface area is 172 Å². The van der Waals surface area contributed by atoms with Gasteiger partial charge in [0.05, 0.1) is 46.2 Å². The molecule has 3 rings (SSSR count). The Morgan fingerprint density at radius 1 is 0.724 bits per heavy atom. The molecule has 6 nitrogen and oxygen atoms in total. The molecule has 0 amide bonds. The minimum Gasteiger partial charge on any atom is -0.497 e. The molecule has 3 aromatic rings. The van der Waals surface area contributed by atoms with E-state index in [-0.39, 0.29) is 0 Å². The lowest BCUT2D eigenvalue weighted by atomic mass is 10.0. The highest BCUT2D eigenvalue weighted by atomic mass is 16.5. The predicted octanol–water partition coefficient (Wildman–Crippen LogP) is 5.05. The highest BCUT2D eigenvalue weighted by molar-refractivity contribution is 5.81. The zero-order chi connectivity index (χ0) is 20.8. The highest BCUT2D eigenvalue weighted by Crippen LogP contribution is 2.38. The van der Waals surface area contributed by atoms with Crippen LogP contribution < -0.4 is 18.9 Å². The molecule has 1 heterocycles. The van der Waals surface area contributed by atoms with E-state index in [4.69, 9.17) is 23.9 Å². The first-order chi connectivity index (χ1) is 14.1. The van der Waals surface area contributed by atoms with Crippen LogP contribution in [0, 0.1) is 0 Å². The molecule has 0 N–H and O–H groups in total. The van der Waals surface area contributed by atoms with Gasteiger partial charge in [-0.15, -0.1) is 0 Å². The first-order valence-corrected chi connectivity index (χ1v) is 9.65. The van der Waals surface area contributed by atoms with Crippen molar-refractivity contribution in [1.29, 1.82) is 0 Å². The lowest BCUT2D eigenvalue weighted by Gasteiger charge is -2.14. The summed E-state index contributed by atoms with van der Waals surface area (Å²) in [5.41, 5.74) is 3.76. The van der Waals surface area contributed by atoms with Crippen LogP contribution in [0.1, 0.15) is 19.8 Å². The fraction of sp³-hybridized carbons (Fsp3) is 0.348. The second-order valence-corrected chi connectivity index (χ2v) is 6.69. The molecule has 0 saturated carbocycles. The zero-order valence-corrected chi connectivity index (χ0v) is 17.7. The van der Waals surface area contributed by atoms with Gasteiger partial charge >= 0.3 is 0 Å². The number of rotatable bonds is 9. The fourth-order valence-corrected chi connectivity index (χ4v) is 3.28. The van der Waals surface area contributed by atoms with Crippen LogP contribution in [0.4, 0.5) is 0 Å². The van der Waals surface area contributed by atoms with Gasteiger partial charge in [0, 0.05) is 29.8 Å². The normalized spacial score (nSPS) is 10.7. The summed E-state index contributed by atoms with van der Waals surface area (Å²) in [6.07, 6.45) is 4.05. The average molecular weight is 396 g/mol. The van der Waals surface area contributed by atoms with E-state index in [0.717, 1.165) is 64.9 Å². The van der Waals surface area contributed by atoms with Crippen molar-refractivity contribution < 1.29 is 18.9 Å². The molecule has 6 heteroatoms. The van der Waals surface area contributed by atoms with E-state index in [1.165, 1.54) is 0 Å². The number of methoxy groups -OCH3 is 4. The lowest BCUT2D eigenvalue weighted by Crippen LogP contribution is -2.00. The van der Waals surface area contributed by atoms with Crippen LogP contribution in [0.5, 0.6) is 23.0 Å². The smallest absolute Gasteiger partial charge is 0.123 e. The quantitative estimate of drug-likeness (QED) is 0.506. The van der Waals surface area contributed by atoms with E-state index in [1.807, 2.05) is 42.7 Å². The summed E-state index contributed by atoms with van der Waals surface area (Å²) in [6.45, 7) is 3.05. The Kier molecular flexibility index (Phi) is 6.65. The molecule has 0 unspecified atom stereocenters. The molecule has 2 aromatic carbocycles. The molecule has 29 heavy (non-hydrogen) atoms. The van der Waals surface area contributed by atoms with Gasteiger partial charge in [-0.05, 0) is 30.7 Å². The van der Waals surface area contributed by atoms with E-state index in [2.05, 4.69) is 11.5 Å². The maximum absolute atomic E-state index is 5.49. The second kappa shape index (κ2) is 9.37. The molecule has 1 aromatic heterocycles. The van der Waals surface area contributed by atoms with Crippen LogP contribution in [0.2, 0.25) is 0 Å². The average Bonchev–Trinajstić information content (AvgIpc) is 3.20. The number of nitrogens with zero attached hydrogens (tertiary/aromatic N) is 2. The molecule has 0 radical (unpaired) electrons. The van der Waals surface area contributed by atoms with Crippen LogP contribution in [-0.2, 0) is 6.54 Å². The minimum absolute atomic E-state index is 0.719. The van der Waals surface area contributed by atoms with Crippen molar-refractivity contribution in [2.24, 2.45) is 0 Å². The van der Waals surface area contributed by atoms with Crippen molar-refractivity contribution in [3.8, 4) is 45.5 Å². The first-order valence-electron chi connectivity index (χ1n) is 9.65. The Bertz CT molecular complexity index is 921. The number of aryl methyl sites for hydroxylation is 1. The molecule has 0 bridgehead atoms. The summed E-state index contributed by atoms with van der Waals surface area (Å²) in [7, 11) is 6.60. The first kappa shape index (κ1) is 20.6.